The summed E-state index contributed by atoms with van der Waals surface area (Å²) < 4.78 is 5.27. The summed E-state index contributed by atoms with van der Waals surface area (Å²) in [5.74, 6) is -0.307. The number of nitrogens with one attached hydrogen (secondary N) is 2. The van der Waals surface area contributed by atoms with Gasteiger partial charge in [-0.2, -0.15) is 0 Å². The highest BCUT2D eigenvalue weighted by Crippen LogP contribution is 2.16. The van der Waals surface area contributed by atoms with Crippen molar-refractivity contribution in [1.29, 1.82) is 0 Å². The Morgan fingerprint density at radius 3 is 2.46 bits per heavy atom. The molecular weight excluding hydrogens is 330 g/mol. The van der Waals surface area contributed by atoms with Gasteiger partial charge in [-0.05, 0) is 63.4 Å². The molecule has 0 aliphatic carbocycles. The minimum Gasteiger partial charge on any atom is -0.381 e. The van der Waals surface area contributed by atoms with Crippen LogP contribution in [-0.2, 0) is 20.9 Å². The number of likely N-dealkylation sites (tertiary alicyclic amines) is 1. The molecule has 2 fully saturated rings. The number of anilines is 1. The van der Waals surface area contributed by atoms with Gasteiger partial charge < -0.3 is 15.4 Å². The Bertz CT molecular complexity index is 605. The number of hydrogen-bond acceptors (Lipinski definition) is 4. The Labute approximate surface area is 155 Å². The van der Waals surface area contributed by atoms with Gasteiger partial charge in [-0.25, -0.2) is 0 Å². The van der Waals surface area contributed by atoms with Gasteiger partial charge in [0.2, 0.25) is 11.8 Å². The number of ether oxygens (including phenoxy) is 1. The molecule has 2 saturated heterocycles. The summed E-state index contributed by atoms with van der Waals surface area (Å²) in [6, 6.07) is 7.40. The fourth-order valence-electron chi connectivity index (χ4n) is 3.50. The summed E-state index contributed by atoms with van der Waals surface area (Å²) in [7, 11) is 0. The zero-order valence-corrected chi connectivity index (χ0v) is 15.5. The lowest BCUT2D eigenvalue weighted by Crippen LogP contribution is -2.45. The zero-order valence-electron chi connectivity index (χ0n) is 15.5. The Hall–Kier alpha value is -1.92. The van der Waals surface area contributed by atoms with E-state index in [9.17, 15) is 9.59 Å². The lowest BCUT2D eigenvalue weighted by molar-refractivity contribution is -0.131. The highest BCUT2D eigenvalue weighted by Gasteiger charge is 2.24. The first-order chi connectivity index (χ1) is 12.6. The molecule has 3 rings (SSSR count). The van der Waals surface area contributed by atoms with Crippen LogP contribution in [0.25, 0.3) is 0 Å². The van der Waals surface area contributed by atoms with Crippen molar-refractivity contribution >= 4 is 17.5 Å². The molecule has 0 aromatic heterocycles. The third-order valence-electron chi connectivity index (χ3n) is 5.17. The van der Waals surface area contributed by atoms with E-state index in [1.807, 2.05) is 12.1 Å². The van der Waals surface area contributed by atoms with Crippen molar-refractivity contribution in [3.8, 4) is 0 Å². The van der Waals surface area contributed by atoms with E-state index in [2.05, 4.69) is 27.7 Å². The maximum Gasteiger partial charge on any atom is 0.246 e. The molecule has 1 aromatic carbocycles. The highest BCUT2D eigenvalue weighted by molar-refractivity contribution is 5.97. The van der Waals surface area contributed by atoms with Crippen LogP contribution in [0.2, 0.25) is 0 Å². The van der Waals surface area contributed by atoms with Gasteiger partial charge in [-0.1, -0.05) is 12.1 Å². The molecule has 1 atom stereocenters. The quantitative estimate of drug-likeness (QED) is 0.816. The Balaban J connectivity index is 1.46. The van der Waals surface area contributed by atoms with E-state index >= 15 is 0 Å². The van der Waals surface area contributed by atoms with E-state index < -0.39 is 6.04 Å². The second-order valence-electron chi connectivity index (χ2n) is 7.29. The number of carbonyl (C=O) groups excluding carboxylic acids is 2. The molecule has 2 aliphatic rings. The minimum absolute atomic E-state index is 0.0520. The number of rotatable bonds is 6. The van der Waals surface area contributed by atoms with E-state index in [0.717, 1.165) is 25.1 Å². The predicted molar refractivity (Wildman–Crippen MR) is 101 cm³/mol. The van der Waals surface area contributed by atoms with Crippen LogP contribution in [0, 0.1) is 5.92 Å². The van der Waals surface area contributed by atoms with E-state index in [1.165, 1.54) is 31.5 Å². The molecule has 1 aromatic rings. The molecule has 0 saturated carbocycles. The zero-order chi connectivity index (χ0) is 18.4. The second-order valence-corrected chi connectivity index (χ2v) is 7.29. The lowest BCUT2D eigenvalue weighted by Gasteiger charge is -2.23. The first-order valence-corrected chi connectivity index (χ1v) is 9.62. The Morgan fingerprint density at radius 1 is 1.15 bits per heavy atom. The number of benzene rings is 1. The van der Waals surface area contributed by atoms with Crippen molar-refractivity contribution in [1.82, 2.24) is 10.2 Å². The SMILES string of the molecule is C[C@H](NC(=O)C1CCOCC1)C(=O)Nc1ccc(CN2CCCC2)cc1. The summed E-state index contributed by atoms with van der Waals surface area (Å²) in [5.41, 5.74) is 2.01. The maximum absolute atomic E-state index is 12.3. The highest BCUT2D eigenvalue weighted by atomic mass is 16.5. The maximum atomic E-state index is 12.3. The first kappa shape index (κ1) is 18.9. The van der Waals surface area contributed by atoms with E-state index in [4.69, 9.17) is 4.74 Å². The van der Waals surface area contributed by atoms with E-state index in [-0.39, 0.29) is 17.7 Å². The van der Waals surface area contributed by atoms with Gasteiger partial charge in [0.05, 0.1) is 0 Å². The first-order valence-electron chi connectivity index (χ1n) is 9.62. The van der Waals surface area contributed by atoms with Gasteiger partial charge in [0, 0.05) is 31.4 Å². The summed E-state index contributed by atoms with van der Waals surface area (Å²) in [5, 5.41) is 5.69. The molecule has 0 spiro atoms. The van der Waals surface area contributed by atoms with Crippen LogP contribution in [-0.4, -0.2) is 49.1 Å². The van der Waals surface area contributed by atoms with Crippen molar-refractivity contribution in [2.24, 2.45) is 5.92 Å². The molecule has 0 bridgehead atoms. The standard InChI is InChI=1S/C20H29N3O3/c1-15(21-20(25)17-8-12-26-13-9-17)19(24)22-18-6-4-16(5-7-18)14-23-10-2-3-11-23/h4-7,15,17H,2-3,8-14H2,1H3,(H,21,25)(H,22,24)/t15-/m0/s1. The summed E-state index contributed by atoms with van der Waals surface area (Å²) in [6.07, 6.45) is 4.01. The molecule has 0 unspecified atom stereocenters. The van der Waals surface area contributed by atoms with Crippen molar-refractivity contribution in [3.05, 3.63) is 29.8 Å². The molecular formula is C20H29N3O3. The van der Waals surface area contributed by atoms with Crippen LogP contribution in [0.15, 0.2) is 24.3 Å². The smallest absolute Gasteiger partial charge is 0.246 e. The van der Waals surface area contributed by atoms with E-state index in [0.29, 0.717) is 13.2 Å². The van der Waals surface area contributed by atoms with Crippen LogP contribution >= 0.6 is 0 Å². The van der Waals surface area contributed by atoms with Crippen LogP contribution in [0.3, 0.4) is 0 Å². The number of carbonyl (C=O) groups is 2. The topological polar surface area (TPSA) is 70.7 Å². The van der Waals surface area contributed by atoms with Crippen molar-refractivity contribution in [3.63, 3.8) is 0 Å². The third-order valence-corrected chi connectivity index (χ3v) is 5.17. The van der Waals surface area contributed by atoms with Crippen LogP contribution in [0.4, 0.5) is 5.69 Å². The van der Waals surface area contributed by atoms with Gasteiger partial charge >= 0.3 is 0 Å². The molecule has 2 heterocycles. The Kier molecular flexibility index (Phi) is 6.63. The summed E-state index contributed by atoms with van der Waals surface area (Å²) in [6.45, 7) is 6.25. The fourth-order valence-corrected chi connectivity index (χ4v) is 3.50. The summed E-state index contributed by atoms with van der Waals surface area (Å²) in [4.78, 5) is 27.0. The minimum atomic E-state index is -0.561. The fraction of sp³-hybridized carbons (Fsp3) is 0.600. The Morgan fingerprint density at radius 2 is 1.81 bits per heavy atom. The van der Waals surface area contributed by atoms with Crippen LogP contribution in [0.5, 0.6) is 0 Å². The van der Waals surface area contributed by atoms with Crippen LogP contribution in [0.1, 0.15) is 38.2 Å². The normalized spacial score (nSPS) is 19.9. The third kappa shape index (κ3) is 5.29. The molecule has 6 heteroatoms. The number of hydrogen-bond donors (Lipinski definition) is 2. The van der Waals surface area contributed by atoms with Gasteiger partial charge in [0.25, 0.3) is 0 Å². The monoisotopic (exact) mass is 359 g/mol. The molecule has 142 valence electrons. The lowest BCUT2D eigenvalue weighted by atomic mass is 9.99. The van der Waals surface area contributed by atoms with E-state index in [1.54, 1.807) is 6.92 Å². The van der Waals surface area contributed by atoms with Crippen molar-refractivity contribution < 1.29 is 14.3 Å². The molecule has 2 aliphatic heterocycles. The van der Waals surface area contributed by atoms with Crippen LogP contribution < -0.4 is 10.6 Å². The largest absolute Gasteiger partial charge is 0.381 e. The summed E-state index contributed by atoms with van der Waals surface area (Å²) >= 11 is 0. The molecule has 2 N–H and O–H groups in total. The van der Waals surface area contributed by atoms with Crippen molar-refractivity contribution in [2.75, 3.05) is 31.6 Å². The molecule has 26 heavy (non-hydrogen) atoms. The molecule has 2 amide bonds. The second kappa shape index (κ2) is 9.14. The van der Waals surface area contributed by atoms with Gasteiger partial charge in [-0.3, -0.25) is 14.5 Å². The van der Waals surface area contributed by atoms with Gasteiger partial charge in [0.1, 0.15) is 6.04 Å². The molecule has 6 nitrogen and oxygen atoms in total. The van der Waals surface area contributed by atoms with Gasteiger partial charge in [0.15, 0.2) is 0 Å². The molecule has 0 radical (unpaired) electrons. The predicted octanol–water partition coefficient (Wildman–Crippen LogP) is 2.15. The number of nitrogens with zero attached hydrogens (tertiary/aromatic N) is 1. The van der Waals surface area contributed by atoms with Gasteiger partial charge in [-0.15, -0.1) is 0 Å². The number of amides is 2. The average Bonchev–Trinajstić information content (AvgIpc) is 3.17. The van der Waals surface area contributed by atoms with Crippen molar-refractivity contribution in [2.45, 2.75) is 45.2 Å². The average molecular weight is 359 g/mol.